The van der Waals surface area contributed by atoms with Crippen LogP contribution in [-0.2, 0) is 9.59 Å². The Bertz CT molecular complexity index is 1020. The summed E-state index contributed by atoms with van der Waals surface area (Å²) in [5, 5.41) is 3.08. The maximum atomic E-state index is 12.5. The number of anilines is 2. The number of hydrogen-bond acceptors (Lipinski definition) is 3. The fraction of sp³-hybridized carbons (Fsp3) is 0.292. The second-order valence-electron chi connectivity index (χ2n) is 7.77. The monoisotopic (exact) mass is 439 g/mol. The molecule has 0 radical (unpaired) electrons. The number of carbonyl (C=O) groups excluding carboxylic acids is 3. The minimum absolute atomic E-state index is 0.0548. The fourth-order valence-corrected chi connectivity index (χ4v) is 3.39. The Hall–Kier alpha value is -3.12. The summed E-state index contributed by atoms with van der Waals surface area (Å²) in [7, 11) is 1.73. The summed E-state index contributed by atoms with van der Waals surface area (Å²) in [6.07, 6.45) is 4.55. The van der Waals surface area contributed by atoms with E-state index < -0.39 is 0 Å². The third kappa shape index (κ3) is 5.52. The standard InChI is InChI=1S/C24H26ClN3O3/c1-16(2)27(3)24(31)18-9-12-20(25)21(15-18)26-22(29)13-8-17-6-10-19(11-7-17)28-14-4-5-23(28)30/h6-13,15-16H,4-5,14H2,1-3H3,(H,26,29)/b13-8+. The quantitative estimate of drug-likeness (QED) is 0.669. The number of nitrogens with one attached hydrogen (secondary N) is 1. The Morgan fingerprint density at radius 3 is 2.48 bits per heavy atom. The van der Waals surface area contributed by atoms with Crippen LogP contribution in [0.1, 0.15) is 42.6 Å². The fourth-order valence-electron chi connectivity index (χ4n) is 3.23. The first kappa shape index (κ1) is 22.6. The predicted molar refractivity (Wildman–Crippen MR) is 124 cm³/mol. The second-order valence-corrected chi connectivity index (χ2v) is 8.17. The summed E-state index contributed by atoms with van der Waals surface area (Å²) >= 11 is 6.20. The van der Waals surface area contributed by atoms with Gasteiger partial charge < -0.3 is 15.1 Å². The molecule has 31 heavy (non-hydrogen) atoms. The molecule has 0 atom stereocenters. The lowest BCUT2D eigenvalue weighted by Crippen LogP contribution is -2.33. The third-order valence-electron chi connectivity index (χ3n) is 5.27. The molecule has 1 fully saturated rings. The summed E-state index contributed by atoms with van der Waals surface area (Å²) in [6.45, 7) is 4.60. The van der Waals surface area contributed by atoms with Gasteiger partial charge in [-0.15, -0.1) is 0 Å². The van der Waals surface area contributed by atoms with Gasteiger partial charge in [0.05, 0.1) is 10.7 Å². The number of halogens is 1. The summed E-state index contributed by atoms with van der Waals surface area (Å²) < 4.78 is 0. The van der Waals surface area contributed by atoms with Crippen molar-refractivity contribution in [2.75, 3.05) is 23.8 Å². The molecular formula is C24H26ClN3O3. The Morgan fingerprint density at radius 2 is 1.87 bits per heavy atom. The molecule has 1 aliphatic heterocycles. The van der Waals surface area contributed by atoms with E-state index in [1.807, 2.05) is 38.1 Å². The van der Waals surface area contributed by atoms with Crippen LogP contribution in [0.5, 0.6) is 0 Å². The van der Waals surface area contributed by atoms with Crippen LogP contribution in [0.3, 0.4) is 0 Å². The van der Waals surface area contributed by atoms with Crippen LogP contribution >= 0.6 is 11.6 Å². The first-order valence-corrected chi connectivity index (χ1v) is 10.6. The van der Waals surface area contributed by atoms with Gasteiger partial charge in [-0.25, -0.2) is 0 Å². The lowest BCUT2D eigenvalue weighted by Gasteiger charge is -2.21. The Kier molecular flexibility index (Phi) is 7.13. The second kappa shape index (κ2) is 9.79. The third-order valence-corrected chi connectivity index (χ3v) is 5.60. The molecule has 1 heterocycles. The molecular weight excluding hydrogens is 414 g/mol. The van der Waals surface area contributed by atoms with Crippen LogP contribution in [0, 0.1) is 0 Å². The van der Waals surface area contributed by atoms with Gasteiger partial charge in [-0.1, -0.05) is 23.7 Å². The predicted octanol–water partition coefficient (Wildman–Crippen LogP) is 4.60. The van der Waals surface area contributed by atoms with E-state index in [0.717, 1.165) is 24.2 Å². The highest BCUT2D eigenvalue weighted by Crippen LogP contribution is 2.25. The van der Waals surface area contributed by atoms with Crippen LogP contribution in [-0.4, -0.2) is 42.3 Å². The zero-order chi connectivity index (χ0) is 22.5. The molecule has 2 aromatic rings. The van der Waals surface area contributed by atoms with Gasteiger partial charge in [0.25, 0.3) is 5.91 Å². The molecule has 0 bridgehead atoms. The van der Waals surface area contributed by atoms with Crippen molar-refractivity contribution in [2.24, 2.45) is 0 Å². The number of amides is 3. The number of benzene rings is 2. The number of carbonyl (C=O) groups is 3. The van der Waals surface area contributed by atoms with Gasteiger partial charge in [-0.2, -0.15) is 0 Å². The molecule has 2 aromatic carbocycles. The van der Waals surface area contributed by atoms with Gasteiger partial charge >= 0.3 is 0 Å². The van der Waals surface area contributed by atoms with Gasteiger partial charge in [-0.05, 0) is 62.2 Å². The van der Waals surface area contributed by atoms with E-state index in [4.69, 9.17) is 11.6 Å². The van der Waals surface area contributed by atoms with E-state index in [2.05, 4.69) is 5.32 Å². The molecule has 6 nitrogen and oxygen atoms in total. The Morgan fingerprint density at radius 1 is 1.16 bits per heavy atom. The highest BCUT2D eigenvalue weighted by Gasteiger charge is 2.21. The average Bonchev–Trinajstić information content (AvgIpc) is 3.19. The number of nitrogens with zero attached hydrogens (tertiary/aromatic N) is 2. The molecule has 3 rings (SSSR count). The summed E-state index contributed by atoms with van der Waals surface area (Å²) in [4.78, 5) is 40.1. The molecule has 0 aliphatic carbocycles. The lowest BCUT2D eigenvalue weighted by atomic mass is 10.1. The zero-order valence-corrected chi connectivity index (χ0v) is 18.6. The molecule has 1 aliphatic rings. The van der Waals surface area contributed by atoms with Gasteiger partial charge in [0.15, 0.2) is 0 Å². The summed E-state index contributed by atoms with van der Waals surface area (Å²) in [6, 6.07) is 12.3. The van der Waals surface area contributed by atoms with E-state index in [9.17, 15) is 14.4 Å². The van der Waals surface area contributed by atoms with Gasteiger partial charge in [0.2, 0.25) is 11.8 Å². The van der Waals surface area contributed by atoms with Crippen LogP contribution in [0.25, 0.3) is 6.08 Å². The molecule has 162 valence electrons. The first-order chi connectivity index (χ1) is 14.8. The van der Waals surface area contributed by atoms with Crippen LogP contribution in [0.2, 0.25) is 5.02 Å². The molecule has 0 saturated carbocycles. The molecule has 7 heteroatoms. The summed E-state index contributed by atoms with van der Waals surface area (Å²) in [5.74, 6) is -0.364. The zero-order valence-electron chi connectivity index (χ0n) is 17.9. The van der Waals surface area contributed by atoms with Gasteiger partial charge in [0, 0.05) is 43.4 Å². The van der Waals surface area contributed by atoms with Crippen LogP contribution in [0.15, 0.2) is 48.5 Å². The van der Waals surface area contributed by atoms with Crippen LogP contribution in [0.4, 0.5) is 11.4 Å². The average molecular weight is 440 g/mol. The van der Waals surface area contributed by atoms with E-state index in [1.54, 1.807) is 41.1 Å². The maximum Gasteiger partial charge on any atom is 0.253 e. The molecule has 0 aromatic heterocycles. The largest absolute Gasteiger partial charge is 0.339 e. The van der Waals surface area contributed by atoms with E-state index in [-0.39, 0.29) is 23.8 Å². The van der Waals surface area contributed by atoms with Crippen molar-refractivity contribution in [1.29, 1.82) is 0 Å². The molecule has 1 N–H and O–H groups in total. The SMILES string of the molecule is CC(C)N(C)C(=O)c1ccc(Cl)c(NC(=O)/C=C/c2ccc(N3CCCC3=O)cc2)c1. The normalized spacial score (nSPS) is 13.8. The topological polar surface area (TPSA) is 69.7 Å². The van der Waals surface area contributed by atoms with Crippen molar-refractivity contribution in [2.45, 2.75) is 32.7 Å². The minimum Gasteiger partial charge on any atom is -0.339 e. The van der Waals surface area contributed by atoms with Crippen molar-refractivity contribution in [1.82, 2.24) is 4.90 Å². The highest BCUT2D eigenvalue weighted by atomic mass is 35.5. The van der Waals surface area contributed by atoms with E-state index in [1.165, 1.54) is 6.08 Å². The smallest absolute Gasteiger partial charge is 0.253 e. The number of hydrogen-bond donors (Lipinski definition) is 1. The van der Waals surface area contributed by atoms with Crippen molar-refractivity contribution < 1.29 is 14.4 Å². The molecule has 3 amide bonds. The van der Waals surface area contributed by atoms with Crippen molar-refractivity contribution in [3.63, 3.8) is 0 Å². The highest BCUT2D eigenvalue weighted by molar-refractivity contribution is 6.34. The minimum atomic E-state index is -0.359. The van der Waals surface area contributed by atoms with Crippen molar-refractivity contribution in [3.8, 4) is 0 Å². The van der Waals surface area contributed by atoms with Crippen molar-refractivity contribution >= 4 is 46.8 Å². The summed E-state index contributed by atoms with van der Waals surface area (Å²) in [5.41, 5.74) is 2.53. The Labute approximate surface area is 187 Å². The van der Waals surface area contributed by atoms with E-state index in [0.29, 0.717) is 22.7 Å². The molecule has 0 unspecified atom stereocenters. The number of rotatable bonds is 6. The van der Waals surface area contributed by atoms with Crippen LogP contribution < -0.4 is 10.2 Å². The maximum absolute atomic E-state index is 12.5. The lowest BCUT2D eigenvalue weighted by molar-refractivity contribution is -0.117. The van der Waals surface area contributed by atoms with Gasteiger partial charge in [0.1, 0.15) is 0 Å². The molecule has 0 spiro atoms. The van der Waals surface area contributed by atoms with E-state index >= 15 is 0 Å². The first-order valence-electron chi connectivity index (χ1n) is 10.2. The van der Waals surface area contributed by atoms with Crippen molar-refractivity contribution in [3.05, 3.63) is 64.7 Å². The molecule has 1 saturated heterocycles. The van der Waals surface area contributed by atoms with Gasteiger partial charge in [-0.3, -0.25) is 14.4 Å². The Balaban J connectivity index is 1.66.